The number of hydrogen-bond acceptors (Lipinski definition) is 9. The molecule has 1 aliphatic rings. The molecular formula is C32H41N7O5S. The third kappa shape index (κ3) is 6.99. The van der Waals surface area contributed by atoms with Gasteiger partial charge in [-0.3, -0.25) is 9.52 Å². The van der Waals surface area contributed by atoms with Gasteiger partial charge >= 0.3 is 0 Å². The number of ether oxygens (including phenoxy) is 2. The van der Waals surface area contributed by atoms with Crippen molar-refractivity contribution in [2.45, 2.75) is 38.6 Å². The first-order valence-electron chi connectivity index (χ1n) is 14.7. The minimum absolute atomic E-state index is 0.207. The molecule has 2 aromatic carbocycles. The summed E-state index contributed by atoms with van der Waals surface area (Å²) in [5.41, 5.74) is 2.15. The van der Waals surface area contributed by atoms with E-state index < -0.39 is 15.9 Å². The molecule has 1 saturated heterocycles. The smallest absolute Gasteiger partial charge is 0.272 e. The van der Waals surface area contributed by atoms with Crippen molar-refractivity contribution in [1.29, 1.82) is 0 Å². The molecule has 0 radical (unpaired) electrons. The second kappa shape index (κ2) is 12.2. The van der Waals surface area contributed by atoms with E-state index in [2.05, 4.69) is 43.9 Å². The minimum atomic E-state index is -3.61. The maximum absolute atomic E-state index is 13.8. The number of aromatic nitrogens is 3. The summed E-state index contributed by atoms with van der Waals surface area (Å²) in [5, 5.41) is 3.75. The normalized spacial score (nSPS) is 15.5. The van der Waals surface area contributed by atoms with Crippen molar-refractivity contribution in [2.24, 2.45) is 7.05 Å². The molecule has 2 N–H and O–H groups in total. The maximum atomic E-state index is 13.8. The van der Waals surface area contributed by atoms with Crippen molar-refractivity contribution in [1.82, 2.24) is 19.4 Å². The van der Waals surface area contributed by atoms with Gasteiger partial charge in [0.15, 0.2) is 11.5 Å². The zero-order valence-electron chi connectivity index (χ0n) is 27.0. The van der Waals surface area contributed by atoms with Gasteiger partial charge in [0.25, 0.3) is 5.91 Å². The lowest BCUT2D eigenvalue weighted by atomic mass is 9.86. The number of hydrogen-bond donors (Lipinski definition) is 2. The number of rotatable bonds is 9. The standard InChI is InChI=1S/C32H41N7O5S/c1-32(2,3)21-17-23(29(43-7)24(18-21)36-45(8,41)42)34-30(40)25-16-20-10-9-11-26(28(20)38(25)6)44-27-12-14-33-31(35-27)39-15-13-22(19-39)37(4)5/h9-12,14,16-18,22,36H,13,15,19H2,1-8H3,(H,34,40). The Bertz CT molecular complexity index is 1850. The molecule has 1 unspecified atom stereocenters. The van der Waals surface area contributed by atoms with Gasteiger partial charge in [-0.15, -0.1) is 0 Å². The molecule has 1 atom stereocenters. The summed E-state index contributed by atoms with van der Waals surface area (Å²) in [7, 11) is 3.77. The van der Waals surface area contributed by atoms with Gasteiger partial charge in [0, 0.05) is 43.8 Å². The third-order valence-electron chi connectivity index (χ3n) is 7.96. The average Bonchev–Trinajstić information content (AvgIpc) is 3.58. The zero-order chi connectivity index (χ0) is 32.7. The topological polar surface area (TPSA) is 131 Å². The van der Waals surface area contributed by atoms with Crippen LogP contribution in [0.15, 0.2) is 48.7 Å². The number of methoxy groups -OCH3 is 1. The highest BCUT2D eigenvalue weighted by Gasteiger charge is 2.27. The molecule has 0 aliphatic carbocycles. The van der Waals surface area contributed by atoms with Crippen LogP contribution in [0.25, 0.3) is 10.9 Å². The van der Waals surface area contributed by atoms with Gasteiger partial charge < -0.3 is 29.2 Å². The van der Waals surface area contributed by atoms with Crippen LogP contribution in [-0.4, -0.2) is 80.4 Å². The Kier molecular flexibility index (Phi) is 8.69. The SMILES string of the molecule is COc1c(NC(=O)c2cc3cccc(Oc4ccnc(N5CCC(N(C)C)C5)n4)c3n2C)cc(C(C)(C)C)cc1NS(C)(=O)=O. The number of fused-ring (bicyclic) bond motifs is 1. The predicted octanol–water partition coefficient (Wildman–Crippen LogP) is 4.83. The highest BCUT2D eigenvalue weighted by atomic mass is 32.2. The van der Waals surface area contributed by atoms with Crippen LogP contribution in [0, 0.1) is 0 Å². The van der Waals surface area contributed by atoms with Crippen molar-refractivity contribution in [2.75, 3.05) is 55.5 Å². The molecule has 2 aromatic heterocycles. The molecule has 0 saturated carbocycles. The Morgan fingerprint density at radius 3 is 2.49 bits per heavy atom. The monoisotopic (exact) mass is 635 g/mol. The largest absolute Gasteiger partial charge is 0.492 e. The number of amides is 1. The van der Waals surface area contributed by atoms with Gasteiger partial charge in [-0.2, -0.15) is 4.98 Å². The summed E-state index contributed by atoms with van der Waals surface area (Å²) in [5.74, 6) is 1.37. The fraction of sp³-hybridized carbons (Fsp3) is 0.406. The second-order valence-corrected chi connectivity index (χ2v) is 14.4. The van der Waals surface area contributed by atoms with Crippen molar-refractivity contribution in [3.05, 3.63) is 59.9 Å². The van der Waals surface area contributed by atoms with Gasteiger partial charge in [0.05, 0.1) is 30.3 Å². The van der Waals surface area contributed by atoms with Crippen LogP contribution in [0.3, 0.4) is 0 Å². The van der Waals surface area contributed by atoms with E-state index in [1.54, 1.807) is 42.1 Å². The van der Waals surface area contributed by atoms with E-state index in [1.807, 2.05) is 39.0 Å². The molecule has 1 aliphatic heterocycles. The summed E-state index contributed by atoms with van der Waals surface area (Å²) in [6.45, 7) is 7.72. The molecule has 3 heterocycles. The number of nitrogens with one attached hydrogen (secondary N) is 2. The van der Waals surface area contributed by atoms with Gasteiger partial charge in [-0.05, 0) is 55.8 Å². The van der Waals surface area contributed by atoms with Crippen LogP contribution in [0.5, 0.6) is 17.4 Å². The van der Waals surface area contributed by atoms with E-state index in [0.29, 0.717) is 40.5 Å². The first-order valence-corrected chi connectivity index (χ1v) is 16.6. The molecule has 1 fully saturated rings. The number of aryl methyl sites for hydroxylation is 1. The van der Waals surface area contributed by atoms with Crippen LogP contribution in [-0.2, 0) is 22.5 Å². The first-order chi connectivity index (χ1) is 21.1. The lowest BCUT2D eigenvalue weighted by Crippen LogP contribution is -2.32. The lowest BCUT2D eigenvalue weighted by Gasteiger charge is -2.24. The van der Waals surface area contributed by atoms with E-state index in [1.165, 1.54) is 7.11 Å². The summed E-state index contributed by atoms with van der Waals surface area (Å²) in [4.78, 5) is 27.3. The molecule has 5 rings (SSSR count). The Labute approximate surface area is 264 Å². The fourth-order valence-corrected chi connectivity index (χ4v) is 6.07. The number of sulfonamides is 1. The van der Waals surface area contributed by atoms with Gasteiger partial charge in [-0.25, -0.2) is 13.4 Å². The first kappa shape index (κ1) is 32.0. The Hall–Kier alpha value is -4.36. The Morgan fingerprint density at radius 2 is 1.84 bits per heavy atom. The summed E-state index contributed by atoms with van der Waals surface area (Å²) >= 11 is 0. The predicted molar refractivity (Wildman–Crippen MR) is 177 cm³/mol. The minimum Gasteiger partial charge on any atom is -0.492 e. The molecule has 4 aromatic rings. The van der Waals surface area contributed by atoms with E-state index in [0.717, 1.165) is 36.7 Å². The second-order valence-electron chi connectivity index (χ2n) is 12.6. The zero-order valence-corrected chi connectivity index (χ0v) is 27.8. The average molecular weight is 636 g/mol. The molecule has 1 amide bonds. The lowest BCUT2D eigenvalue weighted by molar-refractivity contribution is 0.101. The van der Waals surface area contributed by atoms with Crippen molar-refractivity contribution in [3.63, 3.8) is 0 Å². The van der Waals surface area contributed by atoms with E-state index in [9.17, 15) is 13.2 Å². The number of anilines is 3. The van der Waals surface area contributed by atoms with Crippen molar-refractivity contribution >= 4 is 44.2 Å². The van der Waals surface area contributed by atoms with Crippen LogP contribution < -0.4 is 24.4 Å². The van der Waals surface area contributed by atoms with Crippen molar-refractivity contribution < 1.29 is 22.7 Å². The number of carbonyl (C=O) groups is 1. The number of para-hydroxylation sites is 1. The van der Waals surface area contributed by atoms with E-state index >= 15 is 0 Å². The fourth-order valence-electron chi connectivity index (χ4n) is 5.52. The molecule has 45 heavy (non-hydrogen) atoms. The maximum Gasteiger partial charge on any atom is 0.272 e. The molecular weight excluding hydrogens is 594 g/mol. The number of nitrogens with zero attached hydrogens (tertiary/aromatic N) is 5. The quantitative estimate of drug-likeness (QED) is 0.266. The van der Waals surface area contributed by atoms with E-state index in [4.69, 9.17) is 9.47 Å². The van der Waals surface area contributed by atoms with Crippen LogP contribution in [0.4, 0.5) is 17.3 Å². The Balaban J connectivity index is 1.46. The highest BCUT2D eigenvalue weighted by Crippen LogP contribution is 2.40. The number of likely N-dealkylation sites (N-methyl/N-ethyl adjacent to an activating group) is 1. The van der Waals surface area contributed by atoms with Crippen LogP contribution >= 0.6 is 0 Å². The van der Waals surface area contributed by atoms with E-state index in [-0.39, 0.29) is 16.9 Å². The third-order valence-corrected chi connectivity index (χ3v) is 8.55. The number of benzene rings is 2. The van der Waals surface area contributed by atoms with Gasteiger partial charge in [-0.1, -0.05) is 32.9 Å². The Morgan fingerprint density at radius 1 is 1.11 bits per heavy atom. The van der Waals surface area contributed by atoms with Crippen molar-refractivity contribution in [3.8, 4) is 17.4 Å². The molecule has 0 bridgehead atoms. The molecule has 240 valence electrons. The van der Waals surface area contributed by atoms with Crippen LogP contribution in [0.1, 0.15) is 43.2 Å². The van der Waals surface area contributed by atoms with Gasteiger partial charge in [0.1, 0.15) is 5.69 Å². The van der Waals surface area contributed by atoms with Crippen LogP contribution in [0.2, 0.25) is 0 Å². The summed E-state index contributed by atoms with van der Waals surface area (Å²) in [6, 6.07) is 13.1. The van der Waals surface area contributed by atoms with Gasteiger partial charge in [0.2, 0.25) is 21.9 Å². The molecule has 12 nitrogen and oxygen atoms in total. The highest BCUT2D eigenvalue weighted by molar-refractivity contribution is 7.92. The number of carbonyl (C=O) groups excluding carboxylic acids is 1. The molecule has 0 spiro atoms. The summed E-state index contributed by atoms with van der Waals surface area (Å²) in [6.07, 6.45) is 3.80. The molecule has 13 heteroatoms. The summed E-state index contributed by atoms with van der Waals surface area (Å²) < 4.78 is 40.4.